The first kappa shape index (κ1) is 17.4. The van der Waals surface area contributed by atoms with Crippen LogP contribution in [0.15, 0.2) is 24.3 Å². The molecule has 0 radical (unpaired) electrons. The van der Waals surface area contributed by atoms with E-state index in [4.69, 9.17) is 0 Å². The van der Waals surface area contributed by atoms with Gasteiger partial charge in [0.15, 0.2) is 0 Å². The van der Waals surface area contributed by atoms with Gasteiger partial charge in [0.2, 0.25) is 5.91 Å². The molecule has 0 aliphatic carbocycles. The Kier molecular flexibility index (Phi) is 7.08. The van der Waals surface area contributed by atoms with Crippen LogP contribution in [0.25, 0.3) is 0 Å². The molecule has 1 amide bonds. The van der Waals surface area contributed by atoms with Crippen molar-refractivity contribution < 1.29 is 18.3 Å². The van der Waals surface area contributed by atoms with Crippen LogP contribution in [0.2, 0.25) is 0 Å². The van der Waals surface area contributed by atoms with Crippen molar-refractivity contribution in [2.24, 2.45) is 0 Å². The van der Waals surface area contributed by atoms with Gasteiger partial charge in [-0.05, 0) is 38.5 Å². The van der Waals surface area contributed by atoms with Crippen LogP contribution in [-0.2, 0) is 11.3 Å². The number of amides is 1. The predicted molar refractivity (Wildman–Crippen MR) is 77.3 cm³/mol. The van der Waals surface area contributed by atoms with Gasteiger partial charge >= 0.3 is 6.61 Å². The number of likely N-dealkylation sites (N-methyl/N-ethyl adjacent to an activating group) is 1. The van der Waals surface area contributed by atoms with E-state index >= 15 is 0 Å². The minimum absolute atomic E-state index is 0.0534. The normalized spacial score (nSPS) is 12.3. The summed E-state index contributed by atoms with van der Waals surface area (Å²) in [7, 11) is 0. The van der Waals surface area contributed by atoms with Crippen molar-refractivity contribution in [2.45, 2.75) is 40.0 Å². The maximum Gasteiger partial charge on any atom is 0.387 e. The third kappa shape index (κ3) is 5.67. The number of ether oxygens (including phenoxy) is 1. The number of alkyl halides is 2. The fraction of sp³-hybridized carbons (Fsp3) is 0.533. The van der Waals surface area contributed by atoms with Crippen LogP contribution in [0.5, 0.6) is 5.75 Å². The van der Waals surface area contributed by atoms with Gasteiger partial charge in [0, 0.05) is 19.6 Å². The minimum atomic E-state index is -2.82. The van der Waals surface area contributed by atoms with Gasteiger partial charge in [0.25, 0.3) is 0 Å². The summed E-state index contributed by atoms with van der Waals surface area (Å²) < 4.78 is 28.3. The first-order chi connectivity index (χ1) is 9.97. The van der Waals surface area contributed by atoms with Crippen LogP contribution in [0, 0.1) is 0 Å². The van der Waals surface area contributed by atoms with Gasteiger partial charge in [-0.1, -0.05) is 12.1 Å². The average molecular weight is 300 g/mol. The van der Waals surface area contributed by atoms with E-state index in [1.165, 1.54) is 12.1 Å². The summed E-state index contributed by atoms with van der Waals surface area (Å²) in [6, 6.07) is 6.07. The zero-order valence-electron chi connectivity index (χ0n) is 12.6. The van der Waals surface area contributed by atoms with E-state index in [0.29, 0.717) is 19.6 Å². The number of carbonyl (C=O) groups is 1. The Morgan fingerprint density at radius 2 is 1.81 bits per heavy atom. The maximum absolute atomic E-state index is 12.1. The Morgan fingerprint density at radius 3 is 2.29 bits per heavy atom. The number of benzene rings is 1. The topological polar surface area (TPSA) is 41.6 Å². The van der Waals surface area contributed by atoms with Gasteiger partial charge < -0.3 is 15.0 Å². The third-order valence-corrected chi connectivity index (χ3v) is 3.21. The Balaban J connectivity index is 2.49. The molecule has 1 N–H and O–H groups in total. The van der Waals surface area contributed by atoms with Crippen molar-refractivity contribution in [1.82, 2.24) is 10.2 Å². The summed E-state index contributed by atoms with van der Waals surface area (Å²) in [6.07, 6.45) is 0. The molecule has 1 atom stereocenters. The molecular weight excluding hydrogens is 278 g/mol. The van der Waals surface area contributed by atoms with E-state index in [1.54, 1.807) is 17.0 Å². The van der Waals surface area contributed by atoms with Crippen molar-refractivity contribution in [1.29, 1.82) is 0 Å². The number of nitrogens with zero attached hydrogens (tertiary/aromatic N) is 1. The molecule has 118 valence electrons. The number of nitrogens with one attached hydrogen (secondary N) is 1. The summed E-state index contributed by atoms with van der Waals surface area (Å²) in [6.45, 7) is 4.73. The lowest BCUT2D eigenvalue weighted by atomic mass is 10.2. The number of halogens is 2. The van der Waals surface area contributed by atoms with Gasteiger partial charge in [0.1, 0.15) is 5.75 Å². The van der Waals surface area contributed by atoms with Crippen molar-refractivity contribution in [3.05, 3.63) is 29.8 Å². The molecule has 4 nitrogen and oxygen atoms in total. The first-order valence-electron chi connectivity index (χ1n) is 7.03. The van der Waals surface area contributed by atoms with E-state index in [0.717, 1.165) is 5.56 Å². The lowest BCUT2D eigenvalue weighted by molar-refractivity contribution is -0.132. The lowest BCUT2D eigenvalue weighted by Crippen LogP contribution is -2.44. The fourth-order valence-electron chi connectivity index (χ4n) is 1.96. The smallest absolute Gasteiger partial charge is 0.387 e. The number of rotatable bonds is 8. The van der Waals surface area contributed by atoms with Crippen LogP contribution >= 0.6 is 0 Å². The average Bonchev–Trinajstić information content (AvgIpc) is 2.46. The van der Waals surface area contributed by atoms with Crippen LogP contribution in [0.3, 0.4) is 0 Å². The second kappa shape index (κ2) is 8.56. The molecule has 21 heavy (non-hydrogen) atoms. The van der Waals surface area contributed by atoms with Crippen molar-refractivity contribution in [3.8, 4) is 5.75 Å². The van der Waals surface area contributed by atoms with Crippen LogP contribution in [-0.4, -0.2) is 36.5 Å². The molecule has 0 spiro atoms. The standard InChI is InChI=1S/C15H22F2N2O2/c1-4-19(5-2)14(20)11(3)18-10-12-6-8-13(9-7-12)21-15(16)17/h6-9,11,15,18H,4-5,10H2,1-3H3. The van der Waals surface area contributed by atoms with Gasteiger partial charge in [-0.25, -0.2) is 0 Å². The highest BCUT2D eigenvalue weighted by atomic mass is 19.3. The van der Waals surface area contributed by atoms with Crippen LogP contribution in [0.1, 0.15) is 26.3 Å². The molecule has 6 heteroatoms. The van der Waals surface area contributed by atoms with Gasteiger partial charge in [-0.3, -0.25) is 4.79 Å². The molecule has 0 saturated carbocycles. The lowest BCUT2D eigenvalue weighted by Gasteiger charge is -2.23. The summed E-state index contributed by atoms with van der Waals surface area (Å²) in [5, 5.41) is 3.13. The molecule has 0 aliphatic rings. The monoisotopic (exact) mass is 300 g/mol. The van der Waals surface area contributed by atoms with Crippen molar-refractivity contribution in [2.75, 3.05) is 13.1 Å². The Hall–Kier alpha value is -1.69. The molecule has 0 saturated heterocycles. The molecule has 0 aromatic heterocycles. The fourth-order valence-corrected chi connectivity index (χ4v) is 1.96. The zero-order valence-corrected chi connectivity index (χ0v) is 12.6. The van der Waals surface area contributed by atoms with E-state index < -0.39 is 6.61 Å². The van der Waals surface area contributed by atoms with Crippen LogP contribution in [0.4, 0.5) is 8.78 Å². The summed E-state index contributed by atoms with van der Waals surface area (Å²) in [5.74, 6) is 0.179. The quantitative estimate of drug-likeness (QED) is 0.802. The molecule has 1 unspecified atom stereocenters. The summed E-state index contributed by atoms with van der Waals surface area (Å²) in [5.41, 5.74) is 0.899. The zero-order chi connectivity index (χ0) is 15.8. The molecule has 1 aromatic carbocycles. The highest BCUT2D eigenvalue weighted by molar-refractivity contribution is 5.81. The van der Waals surface area contributed by atoms with Gasteiger partial charge in [-0.15, -0.1) is 0 Å². The summed E-state index contributed by atoms with van der Waals surface area (Å²) in [4.78, 5) is 13.8. The van der Waals surface area contributed by atoms with E-state index in [-0.39, 0.29) is 17.7 Å². The second-order valence-corrected chi connectivity index (χ2v) is 4.64. The van der Waals surface area contributed by atoms with Crippen molar-refractivity contribution in [3.63, 3.8) is 0 Å². The number of hydrogen-bond donors (Lipinski definition) is 1. The third-order valence-electron chi connectivity index (χ3n) is 3.21. The second-order valence-electron chi connectivity index (χ2n) is 4.64. The highest BCUT2D eigenvalue weighted by Crippen LogP contribution is 2.14. The highest BCUT2D eigenvalue weighted by Gasteiger charge is 2.17. The molecule has 0 heterocycles. The number of hydrogen-bond acceptors (Lipinski definition) is 3. The predicted octanol–water partition coefficient (Wildman–Crippen LogP) is 2.63. The van der Waals surface area contributed by atoms with Gasteiger partial charge in [-0.2, -0.15) is 8.78 Å². The Bertz CT molecular complexity index is 434. The van der Waals surface area contributed by atoms with Gasteiger partial charge in [0.05, 0.1) is 6.04 Å². The molecule has 0 fully saturated rings. The SMILES string of the molecule is CCN(CC)C(=O)C(C)NCc1ccc(OC(F)F)cc1. The van der Waals surface area contributed by atoms with E-state index in [1.807, 2.05) is 20.8 Å². The maximum atomic E-state index is 12.1. The number of carbonyl (C=O) groups excluding carboxylic acids is 1. The van der Waals surface area contributed by atoms with E-state index in [9.17, 15) is 13.6 Å². The Morgan fingerprint density at radius 1 is 1.24 bits per heavy atom. The first-order valence-corrected chi connectivity index (χ1v) is 7.03. The molecule has 0 bridgehead atoms. The molecule has 1 aromatic rings. The molecular formula is C15H22F2N2O2. The largest absolute Gasteiger partial charge is 0.435 e. The van der Waals surface area contributed by atoms with Crippen molar-refractivity contribution >= 4 is 5.91 Å². The minimum Gasteiger partial charge on any atom is -0.435 e. The Labute approximate surface area is 124 Å². The molecule has 1 rings (SSSR count). The summed E-state index contributed by atoms with van der Waals surface area (Å²) >= 11 is 0. The van der Waals surface area contributed by atoms with E-state index in [2.05, 4.69) is 10.1 Å². The van der Waals surface area contributed by atoms with Crippen LogP contribution < -0.4 is 10.1 Å². The molecule has 0 aliphatic heterocycles.